The number of carbonyl (C=O) groups is 2. The van der Waals surface area contributed by atoms with Crippen LogP contribution in [-0.4, -0.2) is 28.5 Å². The van der Waals surface area contributed by atoms with E-state index in [-0.39, 0.29) is 17.2 Å². The fourth-order valence-corrected chi connectivity index (χ4v) is 6.13. The van der Waals surface area contributed by atoms with Crippen LogP contribution in [0.3, 0.4) is 0 Å². The number of carbonyl (C=O) groups excluding carboxylic acids is 2. The minimum atomic E-state index is -0.0414. The molecule has 0 spiro atoms. The van der Waals surface area contributed by atoms with Crippen LogP contribution in [0, 0.1) is 11.8 Å². The third kappa shape index (κ3) is 3.34. The number of fused-ring (bicyclic) bond motifs is 2. The number of benzene rings is 1. The minimum Gasteiger partial charge on any atom is -0.467 e. The topological polar surface area (TPSA) is 62.6 Å². The van der Waals surface area contributed by atoms with Gasteiger partial charge in [0, 0.05) is 11.6 Å². The highest BCUT2D eigenvalue weighted by Crippen LogP contribution is 2.44. The molecule has 1 saturated heterocycles. The number of nitrogens with one attached hydrogen (secondary N) is 1. The van der Waals surface area contributed by atoms with Crippen molar-refractivity contribution < 1.29 is 14.0 Å². The normalized spacial score (nSPS) is 28.9. The van der Waals surface area contributed by atoms with E-state index in [4.69, 9.17) is 4.42 Å². The molecule has 6 heteroatoms. The maximum Gasteiger partial charge on any atom is 0.251 e. The fourth-order valence-electron chi connectivity index (χ4n) is 4.94. The lowest BCUT2D eigenvalue weighted by Crippen LogP contribution is -2.38. The van der Waals surface area contributed by atoms with Gasteiger partial charge in [-0.15, -0.1) is 11.8 Å². The van der Waals surface area contributed by atoms with Crippen LogP contribution in [0.15, 0.2) is 47.1 Å². The van der Waals surface area contributed by atoms with E-state index in [1.165, 1.54) is 19.3 Å². The second-order valence-corrected chi connectivity index (χ2v) is 9.21. The third-order valence-electron chi connectivity index (χ3n) is 6.39. The molecule has 2 bridgehead atoms. The van der Waals surface area contributed by atoms with E-state index < -0.39 is 0 Å². The summed E-state index contributed by atoms with van der Waals surface area (Å²) < 4.78 is 5.41. The van der Waals surface area contributed by atoms with Gasteiger partial charge in [0.1, 0.15) is 11.1 Å². The number of thioether (sulfide) groups is 1. The predicted molar refractivity (Wildman–Crippen MR) is 108 cm³/mol. The minimum absolute atomic E-state index is 0.0201. The summed E-state index contributed by atoms with van der Waals surface area (Å²) in [5, 5.41) is 3.20. The summed E-state index contributed by atoms with van der Waals surface area (Å²) >= 11 is 1.62. The van der Waals surface area contributed by atoms with Crippen LogP contribution in [0.25, 0.3) is 0 Å². The molecule has 5 rings (SSSR count). The maximum absolute atomic E-state index is 12.6. The molecule has 3 aliphatic rings. The smallest absolute Gasteiger partial charge is 0.251 e. The van der Waals surface area contributed by atoms with Gasteiger partial charge in [0.2, 0.25) is 5.91 Å². The highest BCUT2D eigenvalue weighted by molar-refractivity contribution is 8.00. The van der Waals surface area contributed by atoms with Crippen LogP contribution in [-0.2, 0) is 11.3 Å². The average molecular weight is 397 g/mol. The Morgan fingerprint density at radius 2 is 2.04 bits per heavy atom. The molecule has 2 aromatic rings. The van der Waals surface area contributed by atoms with Gasteiger partial charge in [-0.25, -0.2) is 0 Å². The summed E-state index contributed by atoms with van der Waals surface area (Å²) in [7, 11) is 0. The van der Waals surface area contributed by atoms with E-state index in [0.29, 0.717) is 29.8 Å². The van der Waals surface area contributed by atoms with Crippen molar-refractivity contribution in [2.24, 2.45) is 11.8 Å². The summed E-state index contributed by atoms with van der Waals surface area (Å²) in [5.74, 6) is 2.87. The molecule has 4 atom stereocenters. The maximum atomic E-state index is 12.6. The fraction of sp³-hybridized carbons (Fsp3) is 0.455. The monoisotopic (exact) mass is 396 g/mol. The predicted octanol–water partition coefficient (Wildman–Crippen LogP) is 3.97. The second kappa shape index (κ2) is 7.32. The van der Waals surface area contributed by atoms with Gasteiger partial charge in [-0.2, -0.15) is 0 Å². The Morgan fingerprint density at radius 1 is 1.18 bits per heavy atom. The van der Waals surface area contributed by atoms with Gasteiger partial charge in [0.15, 0.2) is 0 Å². The number of hydrogen-bond donors (Lipinski definition) is 1. The summed E-state index contributed by atoms with van der Waals surface area (Å²) in [5.41, 5.74) is 1.73. The Morgan fingerprint density at radius 3 is 2.71 bits per heavy atom. The Balaban J connectivity index is 1.26. The molecule has 2 saturated carbocycles. The molecule has 1 N–H and O–H groups in total. The Kier molecular flexibility index (Phi) is 4.67. The van der Waals surface area contributed by atoms with E-state index in [2.05, 4.69) is 5.32 Å². The van der Waals surface area contributed by atoms with E-state index >= 15 is 0 Å². The zero-order valence-corrected chi connectivity index (χ0v) is 16.5. The van der Waals surface area contributed by atoms with E-state index in [1.54, 1.807) is 18.0 Å². The van der Waals surface area contributed by atoms with E-state index in [1.807, 2.05) is 41.3 Å². The molecule has 0 radical (unpaired) electrons. The molecule has 28 heavy (non-hydrogen) atoms. The van der Waals surface area contributed by atoms with Gasteiger partial charge >= 0.3 is 0 Å². The molecule has 2 aliphatic carbocycles. The molecule has 2 heterocycles. The van der Waals surface area contributed by atoms with Gasteiger partial charge in [-0.1, -0.05) is 18.6 Å². The van der Waals surface area contributed by atoms with Crippen LogP contribution in [0.4, 0.5) is 0 Å². The molecular weight excluding hydrogens is 372 g/mol. The number of rotatable bonds is 5. The molecule has 5 nitrogen and oxygen atoms in total. The molecule has 0 unspecified atom stereocenters. The molecule has 1 aliphatic heterocycles. The van der Waals surface area contributed by atoms with Crippen LogP contribution < -0.4 is 5.32 Å². The first-order valence-electron chi connectivity index (χ1n) is 10.0. The van der Waals surface area contributed by atoms with Crippen molar-refractivity contribution in [3.8, 4) is 0 Å². The first kappa shape index (κ1) is 17.9. The zero-order chi connectivity index (χ0) is 19.1. The summed E-state index contributed by atoms with van der Waals surface area (Å²) in [6.07, 6.45) is 6.63. The number of hydrogen-bond acceptors (Lipinski definition) is 4. The second-order valence-electron chi connectivity index (χ2n) is 8.14. The third-order valence-corrected chi connectivity index (χ3v) is 7.64. The van der Waals surface area contributed by atoms with Crippen LogP contribution in [0.2, 0.25) is 0 Å². The number of amides is 2. The van der Waals surface area contributed by atoms with Crippen LogP contribution in [0.5, 0.6) is 0 Å². The Hall–Kier alpha value is -2.21. The zero-order valence-electron chi connectivity index (χ0n) is 15.7. The summed E-state index contributed by atoms with van der Waals surface area (Å²) in [6.45, 7) is 0.468. The van der Waals surface area contributed by atoms with Crippen molar-refractivity contribution in [1.82, 2.24) is 10.2 Å². The van der Waals surface area contributed by atoms with E-state index in [0.717, 1.165) is 23.7 Å². The molecule has 146 valence electrons. The van der Waals surface area contributed by atoms with Gasteiger partial charge in [0.25, 0.3) is 5.91 Å². The van der Waals surface area contributed by atoms with Gasteiger partial charge in [-0.3, -0.25) is 9.59 Å². The molecule has 1 aromatic carbocycles. The summed E-state index contributed by atoms with van der Waals surface area (Å²) in [4.78, 5) is 26.8. The molecular formula is C22H24N2O3S. The molecule has 3 fully saturated rings. The average Bonchev–Trinajstić information content (AvgIpc) is 3.49. The lowest BCUT2D eigenvalue weighted by Gasteiger charge is -2.24. The van der Waals surface area contributed by atoms with Crippen molar-refractivity contribution in [2.75, 3.05) is 5.75 Å². The lowest BCUT2D eigenvalue weighted by atomic mass is 9.95. The quantitative estimate of drug-likeness (QED) is 0.831. The van der Waals surface area contributed by atoms with Crippen molar-refractivity contribution in [1.29, 1.82) is 0 Å². The van der Waals surface area contributed by atoms with Gasteiger partial charge < -0.3 is 14.6 Å². The Labute approximate surface area is 168 Å². The molecule has 2 amide bonds. The van der Waals surface area contributed by atoms with E-state index in [9.17, 15) is 9.59 Å². The number of nitrogens with zero attached hydrogens (tertiary/aromatic N) is 1. The highest BCUT2D eigenvalue weighted by Gasteiger charge is 2.40. The van der Waals surface area contributed by atoms with Gasteiger partial charge in [0.05, 0.1) is 18.6 Å². The van der Waals surface area contributed by atoms with Crippen molar-refractivity contribution >= 4 is 23.6 Å². The van der Waals surface area contributed by atoms with Crippen molar-refractivity contribution in [3.63, 3.8) is 0 Å². The first-order chi connectivity index (χ1) is 13.7. The standard InChI is InChI=1S/C22H24N2O3S/c25-20-13-28-22(24(20)12-18-2-1-9-27-18)16-7-5-15(6-8-16)21(26)23-19-11-14-3-4-17(19)10-14/h1-2,5-9,14,17,19,22H,3-4,10-13H2,(H,23,26)/t14-,17+,19+,22-/m0/s1. The number of furan rings is 1. The summed E-state index contributed by atoms with van der Waals surface area (Å²) in [6, 6.07) is 11.8. The Bertz CT molecular complexity index is 864. The van der Waals surface area contributed by atoms with Crippen molar-refractivity contribution in [2.45, 2.75) is 43.6 Å². The largest absolute Gasteiger partial charge is 0.467 e. The van der Waals surface area contributed by atoms with Crippen molar-refractivity contribution in [3.05, 3.63) is 59.5 Å². The lowest BCUT2D eigenvalue weighted by molar-refractivity contribution is -0.128. The molecule has 1 aromatic heterocycles. The van der Waals surface area contributed by atoms with Crippen LogP contribution in [0.1, 0.15) is 52.7 Å². The SMILES string of the molecule is O=C(N[C@@H]1C[C@H]2CC[C@@H]1C2)c1ccc([C@@H]2SCC(=O)N2Cc2ccco2)cc1. The first-order valence-corrected chi connectivity index (χ1v) is 11.1. The van der Waals surface area contributed by atoms with Crippen LogP contribution >= 0.6 is 11.8 Å². The highest BCUT2D eigenvalue weighted by atomic mass is 32.2. The van der Waals surface area contributed by atoms with Gasteiger partial charge in [-0.05, 0) is 60.9 Å².